The van der Waals surface area contributed by atoms with Crippen LogP contribution in [0, 0.1) is 5.41 Å². The van der Waals surface area contributed by atoms with Gasteiger partial charge in [-0.15, -0.1) is 0 Å². The topological polar surface area (TPSA) is 58.1 Å². The third kappa shape index (κ3) is 1.40. The molecule has 5 nitrogen and oxygen atoms in total. The van der Waals surface area contributed by atoms with Crippen LogP contribution in [0.5, 0.6) is 0 Å². The number of rotatable bonds is 1. The Hall–Kier alpha value is -1.17. The maximum absolute atomic E-state index is 11.6. The maximum atomic E-state index is 11.6. The molecule has 0 saturated carbocycles. The van der Waals surface area contributed by atoms with Gasteiger partial charge < -0.3 is 10.2 Å². The van der Waals surface area contributed by atoms with E-state index in [1.165, 1.54) is 0 Å². The lowest BCUT2D eigenvalue weighted by molar-refractivity contribution is -0.128. The van der Waals surface area contributed by atoms with Gasteiger partial charge >= 0.3 is 0 Å². The fourth-order valence-corrected chi connectivity index (χ4v) is 2.52. The van der Waals surface area contributed by atoms with Crippen molar-refractivity contribution in [3.63, 3.8) is 0 Å². The Kier molecular flexibility index (Phi) is 2.14. The van der Waals surface area contributed by atoms with E-state index in [0.29, 0.717) is 5.95 Å². The lowest BCUT2D eigenvalue weighted by Crippen LogP contribution is -2.60. The van der Waals surface area contributed by atoms with Crippen molar-refractivity contribution in [2.45, 2.75) is 6.42 Å². The van der Waals surface area contributed by atoms with Crippen LogP contribution in [0.2, 0.25) is 0 Å². The van der Waals surface area contributed by atoms with Gasteiger partial charge in [-0.25, -0.2) is 9.97 Å². The summed E-state index contributed by atoms with van der Waals surface area (Å²) in [5, 5.41) is 2.88. The molecule has 3 heterocycles. The number of hydrogen-bond donors (Lipinski definition) is 1. The van der Waals surface area contributed by atoms with Crippen molar-refractivity contribution in [1.82, 2.24) is 15.3 Å². The Morgan fingerprint density at radius 3 is 2.62 bits per heavy atom. The second-order valence-corrected chi connectivity index (χ2v) is 5.26. The summed E-state index contributed by atoms with van der Waals surface area (Å²) < 4.78 is 0.866. The van der Waals surface area contributed by atoms with Crippen LogP contribution in [0.1, 0.15) is 6.42 Å². The van der Waals surface area contributed by atoms with Gasteiger partial charge in [-0.1, -0.05) is 0 Å². The van der Waals surface area contributed by atoms with E-state index in [2.05, 4.69) is 31.2 Å². The van der Waals surface area contributed by atoms with E-state index in [-0.39, 0.29) is 11.3 Å². The van der Waals surface area contributed by atoms with Crippen molar-refractivity contribution < 1.29 is 4.79 Å². The van der Waals surface area contributed by atoms with Crippen molar-refractivity contribution >= 4 is 27.8 Å². The maximum Gasteiger partial charge on any atom is 0.229 e. The monoisotopic (exact) mass is 282 g/mol. The largest absolute Gasteiger partial charge is 0.355 e. The summed E-state index contributed by atoms with van der Waals surface area (Å²) in [5.74, 6) is 0.884. The smallest absolute Gasteiger partial charge is 0.229 e. The summed E-state index contributed by atoms with van der Waals surface area (Å²) in [6.07, 6.45) is 4.38. The average Bonchev–Trinajstić information content (AvgIpc) is 2.59. The van der Waals surface area contributed by atoms with Gasteiger partial charge in [-0.05, 0) is 22.4 Å². The molecule has 1 amide bonds. The van der Waals surface area contributed by atoms with Crippen LogP contribution in [0.3, 0.4) is 0 Å². The number of halogens is 1. The van der Waals surface area contributed by atoms with Gasteiger partial charge in [0.25, 0.3) is 0 Å². The van der Waals surface area contributed by atoms with Crippen molar-refractivity contribution in [2.24, 2.45) is 5.41 Å². The van der Waals surface area contributed by atoms with E-state index in [1.54, 1.807) is 12.4 Å². The first-order valence-electron chi connectivity index (χ1n) is 5.20. The van der Waals surface area contributed by atoms with Crippen LogP contribution in [0.4, 0.5) is 5.95 Å². The Morgan fingerprint density at radius 1 is 1.38 bits per heavy atom. The molecule has 0 radical (unpaired) electrons. The highest BCUT2D eigenvalue weighted by Crippen LogP contribution is 2.38. The number of nitrogens with one attached hydrogen (secondary N) is 1. The highest BCUT2D eigenvalue weighted by Gasteiger charge is 2.52. The highest BCUT2D eigenvalue weighted by atomic mass is 79.9. The molecule has 84 valence electrons. The van der Waals surface area contributed by atoms with Crippen LogP contribution < -0.4 is 10.2 Å². The van der Waals surface area contributed by atoms with E-state index >= 15 is 0 Å². The molecule has 0 bridgehead atoms. The molecule has 1 spiro atoms. The van der Waals surface area contributed by atoms with Gasteiger partial charge in [0.1, 0.15) is 0 Å². The number of nitrogens with zero attached hydrogens (tertiary/aromatic N) is 3. The summed E-state index contributed by atoms with van der Waals surface area (Å²) in [4.78, 5) is 22.1. The third-order valence-electron chi connectivity index (χ3n) is 3.25. The Balaban J connectivity index is 1.73. The molecule has 2 fully saturated rings. The second-order valence-electron chi connectivity index (χ2n) is 4.34. The molecular formula is C10H11BrN4O. The molecule has 16 heavy (non-hydrogen) atoms. The summed E-state index contributed by atoms with van der Waals surface area (Å²) in [6.45, 7) is 2.27. The highest BCUT2D eigenvalue weighted by molar-refractivity contribution is 9.10. The first kappa shape index (κ1) is 10.0. The molecule has 2 aliphatic heterocycles. The van der Waals surface area contributed by atoms with Crippen molar-refractivity contribution in [3.05, 3.63) is 16.9 Å². The van der Waals surface area contributed by atoms with Gasteiger partial charge in [0.05, 0.1) is 9.89 Å². The number of anilines is 1. The van der Waals surface area contributed by atoms with Crippen LogP contribution in [0.15, 0.2) is 16.9 Å². The van der Waals surface area contributed by atoms with Gasteiger partial charge in [-0.2, -0.15) is 0 Å². The number of carbonyl (C=O) groups is 1. The summed E-state index contributed by atoms with van der Waals surface area (Å²) in [5.41, 5.74) is -0.170. The molecule has 1 aromatic rings. The van der Waals surface area contributed by atoms with Gasteiger partial charge in [0.2, 0.25) is 11.9 Å². The molecule has 6 heteroatoms. The standard InChI is InChI=1S/C10H11BrN4O/c11-7-3-13-9(14-4-7)15-5-10(6-15)1-2-12-8(10)16/h3-4H,1-2,5-6H2,(H,12,16). The van der Waals surface area contributed by atoms with E-state index in [0.717, 1.165) is 30.5 Å². The number of hydrogen-bond acceptors (Lipinski definition) is 4. The third-order valence-corrected chi connectivity index (χ3v) is 3.66. The zero-order valence-electron chi connectivity index (χ0n) is 8.61. The van der Waals surface area contributed by atoms with Crippen LogP contribution >= 0.6 is 15.9 Å². The summed E-state index contributed by atoms with van der Waals surface area (Å²) in [7, 11) is 0. The summed E-state index contributed by atoms with van der Waals surface area (Å²) >= 11 is 3.30. The van der Waals surface area contributed by atoms with Crippen LogP contribution in [-0.2, 0) is 4.79 Å². The minimum Gasteiger partial charge on any atom is -0.355 e. The van der Waals surface area contributed by atoms with E-state index in [9.17, 15) is 4.79 Å². The van der Waals surface area contributed by atoms with E-state index < -0.39 is 0 Å². The number of carbonyl (C=O) groups excluding carboxylic acids is 1. The van der Waals surface area contributed by atoms with Crippen molar-refractivity contribution in [3.8, 4) is 0 Å². The molecule has 2 saturated heterocycles. The minimum absolute atomic E-state index is 0.170. The van der Waals surface area contributed by atoms with Crippen molar-refractivity contribution in [1.29, 1.82) is 0 Å². The molecule has 1 N–H and O–H groups in total. The SMILES string of the molecule is O=C1NCCC12CN(c1ncc(Br)cn1)C2. The second kappa shape index (κ2) is 3.41. The lowest BCUT2D eigenvalue weighted by atomic mass is 9.78. The molecule has 1 aromatic heterocycles. The van der Waals surface area contributed by atoms with Gasteiger partial charge in [-0.3, -0.25) is 4.79 Å². The van der Waals surface area contributed by atoms with Crippen LogP contribution in [-0.4, -0.2) is 35.5 Å². The molecule has 2 aliphatic rings. The van der Waals surface area contributed by atoms with E-state index in [1.807, 2.05) is 4.90 Å². The first-order valence-corrected chi connectivity index (χ1v) is 6.00. The van der Waals surface area contributed by atoms with E-state index in [4.69, 9.17) is 0 Å². The Bertz CT molecular complexity index is 427. The molecule has 3 rings (SSSR count). The van der Waals surface area contributed by atoms with Crippen LogP contribution in [0.25, 0.3) is 0 Å². The zero-order valence-corrected chi connectivity index (χ0v) is 10.2. The molecular weight excluding hydrogens is 272 g/mol. The fourth-order valence-electron chi connectivity index (χ4n) is 2.31. The normalized spacial score (nSPS) is 22.1. The molecule has 0 aromatic carbocycles. The Morgan fingerprint density at radius 2 is 2.06 bits per heavy atom. The lowest BCUT2D eigenvalue weighted by Gasteiger charge is -2.45. The average molecular weight is 283 g/mol. The van der Waals surface area contributed by atoms with Crippen molar-refractivity contribution in [2.75, 3.05) is 24.5 Å². The molecule has 0 unspecified atom stereocenters. The number of amides is 1. The fraction of sp³-hybridized carbons (Fsp3) is 0.500. The predicted molar refractivity (Wildman–Crippen MR) is 62.0 cm³/mol. The quantitative estimate of drug-likeness (QED) is 0.818. The zero-order chi connectivity index (χ0) is 11.2. The van der Waals surface area contributed by atoms with Gasteiger partial charge in [0.15, 0.2) is 0 Å². The number of aromatic nitrogens is 2. The molecule has 0 aliphatic carbocycles. The predicted octanol–water partition coefficient (Wildman–Crippen LogP) is 0.565. The Labute approximate surface area is 101 Å². The van der Waals surface area contributed by atoms with Gasteiger partial charge in [0, 0.05) is 32.0 Å². The first-order chi connectivity index (χ1) is 7.70. The minimum atomic E-state index is -0.170. The summed E-state index contributed by atoms with van der Waals surface area (Å²) in [6, 6.07) is 0. The molecule has 0 atom stereocenters.